The number of rotatable bonds is 5. The standard InChI is InChI=1S/C8H15N3S/c1-3-5-11(6-4-2)8-9-7-10-12-8/h7H,3-6H2,1-2H3. The predicted octanol–water partition coefficient (Wildman–Crippen LogP) is 2.16. The molecule has 0 spiro atoms. The van der Waals surface area contributed by atoms with Crippen LogP contribution in [0.1, 0.15) is 26.7 Å². The van der Waals surface area contributed by atoms with Crippen LogP contribution < -0.4 is 4.90 Å². The van der Waals surface area contributed by atoms with Crippen molar-refractivity contribution in [3.05, 3.63) is 6.33 Å². The molecule has 0 atom stereocenters. The molecule has 1 rings (SSSR count). The molecule has 0 unspecified atom stereocenters. The van der Waals surface area contributed by atoms with Crippen LogP contribution in [0.15, 0.2) is 6.33 Å². The molecule has 0 aliphatic rings. The van der Waals surface area contributed by atoms with Gasteiger partial charge in [0.25, 0.3) is 0 Å². The molecule has 0 radical (unpaired) electrons. The first-order valence-electron chi connectivity index (χ1n) is 4.40. The van der Waals surface area contributed by atoms with E-state index in [1.165, 1.54) is 24.4 Å². The summed E-state index contributed by atoms with van der Waals surface area (Å²) < 4.78 is 4.00. The first kappa shape index (κ1) is 9.45. The summed E-state index contributed by atoms with van der Waals surface area (Å²) in [5.41, 5.74) is 0. The second kappa shape index (κ2) is 5.09. The number of hydrogen-bond donors (Lipinski definition) is 0. The molecular formula is C8H15N3S. The Balaban J connectivity index is 2.53. The van der Waals surface area contributed by atoms with E-state index in [9.17, 15) is 0 Å². The summed E-state index contributed by atoms with van der Waals surface area (Å²) in [6.45, 7) is 6.54. The molecule has 12 heavy (non-hydrogen) atoms. The zero-order chi connectivity index (χ0) is 8.81. The molecule has 0 aliphatic heterocycles. The van der Waals surface area contributed by atoms with Gasteiger partial charge < -0.3 is 4.90 Å². The smallest absolute Gasteiger partial charge is 0.204 e. The summed E-state index contributed by atoms with van der Waals surface area (Å²) in [6, 6.07) is 0. The molecule has 1 heterocycles. The maximum absolute atomic E-state index is 4.19. The topological polar surface area (TPSA) is 29.0 Å². The fourth-order valence-corrected chi connectivity index (χ4v) is 1.73. The summed E-state index contributed by atoms with van der Waals surface area (Å²) in [5, 5.41) is 1.05. The third-order valence-electron chi connectivity index (χ3n) is 1.61. The van der Waals surface area contributed by atoms with Crippen molar-refractivity contribution in [2.45, 2.75) is 26.7 Å². The molecule has 1 aromatic rings. The highest BCUT2D eigenvalue weighted by Gasteiger charge is 2.06. The molecule has 0 N–H and O–H groups in total. The van der Waals surface area contributed by atoms with Crippen molar-refractivity contribution in [2.75, 3.05) is 18.0 Å². The Morgan fingerprint density at radius 1 is 1.33 bits per heavy atom. The maximum Gasteiger partial charge on any atom is 0.204 e. The van der Waals surface area contributed by atoms with Crippen molar-refractivity contribution < 1.29 is 0 Å². The van der Waals surface area contributed by atoms with E-state index in [1.807, 2.05) is 0 Å². The van der Waals surface area contributed by atoms with Gasteiger partial charge in [-0.1, -0.05) is 13.8 Å². The summed E-state index contributed by atoms with van der Waals surface area (Å²) >= 11 is 1.48. The zero-order valence-electron chi connectivity index (χ0n) is 7.66. The highest BCUT2D eigenvalue weighted by atomic mass is 32.1. The summed E-state index contributed by atoms with van der Waals surface area (Å²) in [5.74, 6) is 0. The van der Waals surface area contributed by atoms with Crippen LogP contribution in [0, 0.1) is 0 Å². The quantitative estimate of drug-likeness (QED) is 0.704. The summed E-state index contributed by atoms with van der Waals surface area (Å²) in [4.78, 5) is 6.48. The second-order valence-electron chi connectivity index (χ2n) is 2.71. The van der Waals surface area contributed by atoms with Crippen LogP contribution in [0.5, 0.6) is 0 Å². The van der Waals surface area contributed by atoms with Crippen molar-refractivity contribution in [3.8, 4) is 0 Å². The first-order valence-corrected chi connectivity index (χ1v) is 5.17. The molecule has 0 saturated carbocycles. The number of anilines is 1. The normalized spacial score (nSPS) is 10.2. The van der Waals surface area contributed by atoms with Crippen LogP contribution in [-0.2, 0) is 0 Å². The Morgan fingerprint density at radius 2 is 2.00 bits per heavy atom. The lowest BCUT2D eigenvalue weighted by molar-refractivity contribution is 0.742. The summed E-state index contributed by atoms with van der Waals surface area (Å²) in [7, 11) is 0. The van der Waals surface area contributed by atoms with Crippen molar-refractivity contribution in [2.24, 2.45) is 0 Å². The Hall–Kier alpha value is -0.640. The van der Waals surface area contributed by atoms with Crippen LogP contribution in [0.25, 0.3) is 0 Å². The number of hydrogen-bond acceptors (Lipinski definition) is 4. The Bertz CT molecular complexity index is 192. The Kier molecular flexibility index (Phi) is 4.00. The van der Waals surface area contributed by atoms with E-state index in [-0.39, 0.29) is 0 Å². The minimum Gasteiger partial charge on any atom is -0.347 e. The molecular weight excluding hydrogens is 170 g/mol. The SMILES string of the molecule is CCCN(CCC)c1ncns1. The largest absolute Gasteiger partial charge is 0.347 e. The van der Waals surface area contributed by atoms with Gasteiger partial charge in [0.05, 0.1) is 0 Å². The van der Waals surface area contributed by atoms with E-state index >= 15 is 0 Å². The van der Waals surface area contributed by atoms with Crippen LogP contribution in [0.2, 0.25) is 0 Å². The monoisotopic (exact) mass is 185 g/mol. The molecule has 0 bridgehead atoms. The average molecular weight is 185 g/mol. The molecule has 0 saturated heterocycles. The van der Waals surface area contributed by atoms with Gasteiger partial charge in [0.1, 0.15) is 6.33 Å². The van der Waals surface area contributed by atoms with Crippen LogP contribution in [-0.4, -0.2) is 22.4 Å². The average Bonchev–Trinajstić information content (AvgIpc) is 2.56. The Morgan fingerprint density at radius 3 is 2.42 bits per heavy atom. The molecule has 4 heteroatoms. The molecule has 0 aromatic carbocycles. The molecule has 1 aromatic heterocycles. The van der Waals surface area contributed by atoms with Gasteiger partial charge >= 0.3 is 0 Å². The zero-order valence-corrected chi connectivity index (χ0v) is 8.47. The lowest BCUT2D eigenvalue weighted by atomic mass is 10.4. The van der Waals surface area contributed by atoms with Crippen molar-refractivity contribution in [3.63, 3.8) is 0 Å². The summed E-state index contributed by atoms with van der Waals surface area (Å²) in [6.07, 6.45) is 3.96. The van der Waals surface area contributed by atoms with Gasteiger partial charge in [-0.2, -0.15) is 4.37 Å². The van der Waals surface area contributed by atoms with Crippen molar-refractivity contribution >= 4 is 16.7 Å². The fraction of sp³-hybridized carbons (Fsp3) is 0.750. The van der Waals surface area contributed by atoms with Gasteiger partial charge in [-0.3, -0.25) is 0 Å². The van der Waals surface area contributed by atoms with E-state index in [2.05, 4.69) is 28.1 Å². The van der Waals surface area contributed by atoms with E-state index in [4.69, 9.17) is 0 Å². The first-order chi connectivity index (χ1) is 5.88. The van der Waals surface area contributed by atoms with Crippen molar-refractivity contribution in [1.29, 1.82) is 0 Å². The number of aromatic nitrogens is 2. The van der Waals surface area contributed by atoms with E-state index in [0.717, 1.165) is 18.2 Å². The minimum absolute atomic E-state index is 1.05. The van der Waals surface area contributed by atoms with Gasteiger partial charge in [0.2, 0.25) is 5.13 Å². The Labute approximate surface area is 77.6 Å². The van der Waals surface area contributed by atoms with Crippen molar-refractivity contribution in [1.82, 2.24) is 9.36 Å². The highest BCUT2D eigenvalue weighted by molar-refractivity contribution is 7.09. The van der Waals surface area contributed by atoms with Crippen LogP contribution in [0.3, 0.4) is 0 Å². The third kappa shape index (κ3) is 2.44. The lowest BCUT2D eigenvalue weighted by Crippen LogP contribution is -2.24. The molecule has 0 fully saturated rings. The van der Waals surface area contributed by atoms with Gasteiger partial charge in [-0.25, -0.2) is 4.98 Å². The predicted molar refractivity (Wildman–Crippen MR) is 52.7 cm³/mol. The van der Waals surface area contributed by atoms with Crippen LogP contribution in [0.4, 0.5) is 5.13 Å². The maximum atomic E-state index is 4.19. The number of nitrogens with zero attached hydrogens (tertiary/aromatic N) is 3. The van der Waals surface area contributed by atoms with E-state index in [0.29, 0.717) is 0 Å². The van der Waals surface area contributed by atoms with E-state index in [1.54, 1.807) is 6.33 Å². The van der Waals surface area contributed by atoms with Gasteiger partial charge in [0.15, 0.2) is 0 Å². The molecule has 68 valence electrons. The fourth-order valence-electron chi connectivity index (χ4n) is 1.15. The molecule has 0 aliphatic carbocycles. The molecule has 3 nitrogen and oxygen atoms in total. The van der Waals surface area contributed by atoms with Gasteiger partial charge in [-0.05, 0) is 12.8 Å². The second-order valence-corrected chi connectivity index (χ2v) is 3.47. The lowest BCUT2D eigenvalue weighted by Gasteiger charge is -2.19. The minimum atomic E-state index is 1.05. The molecule has 0 amide bonds. The third-order valence-corrected chi connectivity index (χ3v) is 2.33. The van der Waals surface area contributed by atoms with Gasteiger partial charge in [-0.15, -0.1) is 0 Å². The van der Waals surface area contributed by atoms with Crippen LogP contribution >= 0.6 is 11.5 Å². The van der Waals surface area contributed by atoms with E-state index < -0.39 is 0 Å². The highest BCUT2D eigenvalue weighted by Crippen LogP contribution is 2.14. The van der Waals surface area contributed by atoms with Gasteiger partial charge in [0, 0.05) is 24.6 Å².